The highest BCUT2D eigenvalue weighted by molar-refractivity contribution is 5.32. The molecule has 26 heavy (non-hydrogen) atoms. The molecule has 8 fully saturated rings. The zero-order valence-corrected chi connectivity index (χ0v) is 16.0. The second-order valence-corrected chi connectivity index (χ2v) is 10.7. The molecule has 8 rings (SSSR count). The summed E-state index contributed by atoms with van der Waals surface area (Å²) in [5, 5.41) is 21.0. The summed E-state index contributed by atoms with van der Waals surface area (Å²) in [5.41, 5.74) is 1.53. The molecule has 0 aromatic carbocycles. The zero-order valence-electron chi connectivity index (χ0n) is 16.0. The Labute approximate surface area is 156 Å². The summed E-state index contributed by atoms with van der Waals surface area (Å²) in [7, 11) is 0. The maximum atomic E-state index is 11.3. The van der Waals surface area contributed by atoms with Crippen LogP contribution in [0.25, 0.3) is 0 Å². The Morgan fingerprint density at radius 1 is 1.19 bits per heavy atom. The third-order valence-electron chi connectivity index (χ3n) is 10.1. The number of hydrogen-bond donors (Lipinski definition) is 2. The van der Waals surface area contributed by atoms with Crippen molar-refractivity contribution >= 4 is 0 Å². The summed E-state index contributed by atoms with van der Waals surface area (Å²) >= 11 is 0. The van der Waals surface area contributed by atoms with Crippen molar-refractivity contribution in [2.75, 3.05) is 19.7 Å². The maximum Gasteiger partial charge on any atom is 0.117 e. The van der Waals surface area contributed by atoms with Gasteiger partial charge in [-0.05, 0) is 67.3 Å². The Morgan fingerprint density at radius 2 is 2.04 bits per heavy atom. The van der Waals surface area contributed by atoms with Gasteiger partial charge in [0.2, 0.25) is 0 Å². The van der Waals surface area contributed by atoms with Crippen LogP contribution in [0.1, 0.15) is 51.9 Å². The molecule has 3 aliphatic heterocycles. The topological polar surface area (TPSA) is 52.9 Å². The quantitative estimate of drug-likeness (QED) is 0.744. The Kier molecular flexibility index (Phi) is 3.14. The first-order valence-corrected chi connectivity index (χ1v) is 10.8. The van der Waals surface area contributed by atoms with Gasteiger partial charge in [0.1, 0.15) is 6.23 Å². The number of rotatable bonds is 2. The molecule has 144 valence electrons. The van der Waals surface area contributed by atoms with Gasteiger partial charge in [0.05, 0.1) is 18.8 Å². The molecule has 0 aromatic rings. The largest absolute Gasteiger partial charge is 0.395 e. The van der Waals surface area contributed by atoms with Crippen molar-refractivity contribution in [3.63, 3.8) is 0 Å². The van der Waals surface area contributed by atoms with Crippen LogP contribution >= 0.6 is 0 Å². The normalized spacial score (nSPS) is 60.2. The van der Waals surface area contributed by atoms with Crippen LogP contribution in [-0.4, -0.2) is 53.2 Å². The van der Waals surface area contributed by atoms with Crippen LogP contribution in [0, 0.1) is 34.0 Å². The van der Waals surface area contributed by atoms with Crippen LogP contribution in [0.4, 0.5) is 0 Å². The van der Waals surface area contributed by atoms with Gasteiger partial charge in [-0.25, -0.2) is 0 Å². The van der Waals surface area contributed by atoms with Crippen LogP contribution in [0.5, 0.6) is 0 Å². The SMILES string of the molecule is C=C1C(O)[C@@]23CC[C@H]1CC2[C@@]12CCC[C@@]4(C)CN(CCO)[C@H]1O[C@H]3CC42. The Bertz CT molecular complexity index is 666. The molecule has 4 nitrogen and oxygen atoms in total. The van der Waals surface area contributed by atoms with E-state index in [1.54, 1.807) is 0 Å². The van der Waals surface area contributed by atoms with E-state index in [4.69, 9.17) is 4.74 Å². The van der Waals surface area contributed by atoms with E-state index in [1.165, 1.54) is 32.1 Å². The summed E-state index contributed by atoms with van der Waals surface area (Å²) in [5.74, 6) is 1.79. The second kappa shape index (κ2) is 4.94. The predicted octanol–water partition coefficient (Wildman–Crippen LogP) is 2.55. The van der Waals surface area contributed by atoms with Crippen molar-refractivity contribution in [1.82, 2.24) is 4.90 Å². The first-order chi connectivity index (χ1) is 12.5. The average Bonchev–Trinajstić information content (AvgIpc) is 2.63. The van der Waals surface area contributed by atoms with Gasteiger partial charge in [-0.15, -0.1) is 0 Å². The molecule has 7 bridgehead atoms. The molecular formula is C22H33NO3. The molecule has 3 saturated heterocycles. The van der Waals surface area contributed by atoms with Crippen molar-refractivity contribution in [2.24, 2.45) is 34.0 Å². The van der Waals surface area contributed by atoms with E-state index in [2.05, 4.69) is 18.4 Å². The molecular weight excluding hydrogens is 326 g/mol. The van der Waals surface area contributed by atoms with E-state index in [0.29, 0.717) is 17.3 Å². The van der Waals surface area contributed by atoms with E-state index in [1.807, 2.05) is 0 Å². The molecule has 5 aliphatic carbocycles. The van der Waals surface area contributed by atoms with E-state index < -0.39 is 0 Å². The van der Waals surface area contributed by atoms with Gasteiger partial charge in [-0.2, -0.15) is 0 Å². The molecule has 0 amide bonds. The van der Waals surface area contributed by atoms with Gasteiger partial charge in [0, 0.05) is 23.9 Å². The van der Waals surface area contributed by atoms with Crippen molar-refractivity contribution in [1.29, 1.82) is 0 Å². The highest BCUT2D eigenvalue weighted by Gasteiger charge is 2.78. The van der Waals surface area contributed by atoms with Crippen LogP contribution in [0.15, 0.2) is 12.2 Å². The smallest absolute Gasteiger partial charge is 0.117 e. The Morgan fingerprint density at radius 3 is 2.85 bits per heavy atom. The van der Waals surface area contributed by atoms with Crippen LogP contribution in [-0.2, 0) is 4.74 Å². The minimum absolute atomic E-state index is 0.0840. The summed E-state index contributed by atoms with van der Waals surface area (Å²) < 4.78 is 6.86. The fourth-order valence-corrected chi connectivity index (χ4v) is 9.30. The maximum absolute atomic E-state index is 11.3. The van der Waals surface area contributed by atoms with Gasteiger partial charge in [-0.1, -0.05) is 19.9 Å². The van der Waals surface area contributed by atoms with Crippen molar-refractivity contribution in [2.45, 2.75) is 70.3 Å². The van der Waals surface area contributed by atoms with Gasteiger partial charge < -0.3 is 14.9 Å². The summed E-state index contributed by atoms with van der Waals surface area (Å²) in [6, 6.07) is 0. The average molecular weight is 360 g/mol. The lowest BCUT2D eigenvalue weighted by atomic mass is 9.32. The van der Waals surface area contributed by atoms with E-state index in [-0.39, 0.29) is 35.9 Å². The van der Waals surface area contributed by atoms with Crippen molar-refractivity contribution in [3.8, 4) is 0 Å². The van der Waals surface area contributed by atoms with Crippen molar-refractivity contribution in [3.05, 3.63) is 12.2 Å². The third kappa shape index (κ3) is 1.57. The number of piperidine rings is 1. The molecule has 9 atom stereocenters. The number of nitrogens with zero attached hydrogens (tertiary/aromatic N) is 1. The first kappa shape index (κ1) is 16.5. The molecule has 8 aliphatic rings. The number of likely N-dealkylation sites (tertiary alicyclic amines) is 1. The van der Waals surface area contributed by atoms with Crippen molar-refractivity contribution < 1.29 is 14.9 Å². The van der Waals surface area contributed by atoms with Crippen LogP contribution < -0.4 is 0 Å². The van der Waals surface area contributed by atoms with Gasteiger partial charge in [0.15, 0.2) is 0 Å². The fourth-order valence-electron chi connectivity index (χ4n) is 9.30. The molecule has 4 heteroatoms. The summed E-state index contributed by atoms with van der Waals surface area (Å²) in [4.78, 5) is 2.47. The van der Waals surface area contributed by atoms with E-state index in [0.717, 1.165) is 37.4 Å². The summed E-state index contributed by atoms with van der Waals surface area (Å²) in [6.07, 6.45) is 8.43. The predicted molar refractivity (Wildman–Crippen MR) is 98.2 cm³/mol. The molecule has 3 unspecified atom stereocenters. The first-order valence-electron chi connectivity index (χ1n) is 10.8. The molecule has 2 spiro atoms. The van der Waals surface area contributed by atoms with Gasteiger partial charge >= 0.3 is 0 Å². The lowest BCUT2D eigenvalue weighted by molar-refractivity contribution is -0.405. The number of hydrogen-bond acceptors (Lipinski definition) is 4. The highest BCUT2D eigenvalue weighted by Crippen LogP contribution is 2.78. The van der Waals surface area contributed by atoms with E-state index in [9.17, 15) is 10.2 Å². The Hall–Kier alpha value is -0.420. The van der Waals surface area contributed by atoms with Crippen LogP contribution in [0.3, 0.4) is 0 Å². The van der Waals surface area contributed by atoms with Gasteiger partial charge in [-0.3, -0.25) is 4.90 Å². The molecule has 5 saturated carbocycles. The van der Waals surface area contributed by atoms with Gasteiger partial charge in [0.25, 0.3) is 0 Å². The fraction of sp³-hybridized carbons (Fsp3) is 0.909. The second-order valence-electron chi connectivity index (χ2n) is 10.7. The molecule has 0 radical (unpaired) electrons. The third-order valence-corrected chi connectivity index (χ3v) is 10.1. The lowest BCUT2D eigenvalue weighted by Gasteiger charge is -2.79. The monoisotopic (exact) mass is 359 g/mol. The molecule has 3 heterocycles. The number of aliphatic hydroxyl groups is 2. The molecule has 2 N–H and O–H groups in total. The minimum atomic E-state index is -0.373. The molecule has 0 aromatic heterocycles. The standard InChI is InChI=1S/C22H33NO3/c1-13-14-4-7-22(18(13)25)16(10-14)21-6-3-5-20(2)12-23(8-9-24)19(21)26-17(22)11-15(20)21/h14-19,24-25H,1,3-12H2,2H3/t14-,15?,16?,17-,18?,19-,20-,21-,22-/m0/s1. The Balaban J connectivity index is 1.53. The number of ether oxygens (including phenoxy) is 1. The minimum Gasteiger partial charge on any atom is -0.395 e. The number of aliphatic hydroxyl groups excluding tert-OH is 2. The van der Waals surface area contributed by atoms with Crippen LogP contribution in [0.2, 0.25) is 0 Å². The summed E-state index contributed by atoms with van der Waals surface area (Å²) in [6.45, 7) is 8.80. The zero-order chi connectivity index (χ0) is 17.9. The number of fused-ring (bicyclic) bond motifs is 2. The van der Waals surface area contributed by atoms with E-state index >= 15 is 0 Å². The number of β-amino-alcohol motifs (C(OH)–C–C–N with tert-alkyl or cyclic N) is 1. The lowest BCUT2D eigenvalue weighted by Crippen LogP contribution is -2.82. The highest BCUT2D eigenvalue weighted by atomic mass is 16.5.